The molecular formula is C47H52N8O10S. The van der Waals surface area contributed by atoms with Crippen molar-refractivity contribution in [1.82, 2.24) is 30.6 Å². The molecule has 4 heterocycles. The lowest BCUT2D eigenvalue weighted by Gasteiger charge is -2.36. The number of carbonyl (C=O) groups is 5. The Bertz CT molecular complexity index is 2550. The minimum Gasteiger partial charge on any atom is -0.485 e. The van der Waals surface area contributed by atoms with E-state index in [1.165, 1.54) is 31.6 Å². The molecule has 0 bridgehead atoms. The highest BCUT2D eigenvalue weighted by molar-refractivity contribution is 7.14. The molecule has 2 aromatic carbocycles. The number of oxime groups is 1. The van der Waals surface area contributed by atoms with Crippen LogP contribution in [0.5, 0.6) is 11.5 Å². The molecule has 346 valence electrons. The van der Waals surface area contributed by atoms with Crippen LogP contribution in [0.1, 0.15) is 89.0 Å². The largest absolute Gasteiger partial charge is 0.485 e. The zero-order valence-electron chi connectivity index (χ0n) is 37.9. The summed E-state index contributed by atoms with van der Waals surface area (Å²) in [6.45, 7) is 13.6. The molecule has 1 aliphatic heterocycles. The molecule has 1 fully saturated rings. The predicted octanol–water partition coefficient (Wildman–Crippen LogP) is 6.84. The van der Waals surface area contributed by atoms with Gasteiger partial charge in [-0.2, -0.15) is 0 Å². The molecule has 18 nitrogen and oxygen atoms in total. The van der Waals surface area contributed by atoms with Gasteiger partial charge in [0.15, 0.2) is 33.9 Å². The molecule has 1 saturated heterocycles. The fraction of sp³-hybridized carbons (Fsp3) is 0.362. The van der Waals surface area contributed by atoms with Crippen LogP contribution >= 0.6 is 11.3 Å². The maximum absolute atomic E-state index is 13.9. The van der Waals surface area contributed by atoms with Gasteiger partial charge in [-0.3, -0.25) is 19.7 Å². The van der Waals surface area contributed by atoms with Crippen LogP contribution in [0.15, 0.2) is 95.9 Å². The summed E-state index contributed by atoms with van der Waals surface area (Å²) >= 11 is 0.994. The van der Waals surface area contributed by atoms with E-state index in [2.05, 4.69) is 41.0 Å². The van der Waals surface area contributed by atoms with Crippen LogP contribution in [0.4, 0.5) is 9.93 Å². The number of benzene rings is 2. The Morgan fingerprint density at radius 3 is 1.98 bits per heavy atom. The number of hydrogen-bond acceptors (Lipinski definition) is 16. The van der Waals surface area contributed by atoms with Crippen molar-refractivity contribution in [1.29, 1.82) is 0 Å². The van der Waals surface area contributed by atoms with Gasteiger partial charge in [0.25, 0.3) is 5.91 Å². The maximum atomic E-state index is 13.9. The lowest BCUT2D eigenvalue weighted by molar-refractivity contribution is -0.179. The van der Waals surface area contributed by atoms with Crippen molar-refractivity contribution in [2.75, 3.05) is 11.9 Å². The molecule has 0 saturated carbocycles. The zero-order valence-corrected chi connectivity index (χ0v) is 38.7. The summed E-state index contributed by atoms with van der Waals surface area (Å²) in [5, 5.41) is 13.6. The van der Waals surface area contributed by atoms with E-state index in [0.29, 0.717) is 23.8 Å². The smallest absolute Gasteiger partial charge is 0.413 e. The number of pyridine rings is 1. The summed E-state index contributed by atoms with van der Waals surface area (Å²) in [5.41, 5.74) is -1.07. The van der Waals surface area contributed by atoms with Crippen molar-refractivity contribution in [3.8, 4) is 23.0 Å². The molecule has 2 atom stereocenters. The van der Waals surface area contributed by atoms with Crippen LogP contribution in [-0.2, 0) is 41.9 Å². The molecule has 19 heteroatoms. The molecule has 3 amide bonds. The number of hydrogen-bond donors (Lipinski definition) is 3. The first kappa shape index (κ1) is 48.2. The number of aromatic nitrogens is 4. The van der Waals surface area contributed by atoms with Gasteiger partial charge in [-0.05, 0) is 66.5 Å². The molecule has 0 radical (unpaired) electrons. The summed E-state index contributed by atoms with van der Waals surface area (Å²) in [7, 11) is 0. The quantitative estimate of drug-likeness (QED) is 0.0354. The number of nitrogens with one attached hydrogen (secondary N) is 3. The van der Waals surface area contributed by atoms with Crippen molar-refractivity contribution >= 4 is 51.8 Å². The standard InChI is InChI=1S/C47H52N8O10S/c1-45(2,3)63-42(59)47(7,8)65-55-38(34-27-66-43(53-34)54-44(60)64-46(4,5)6)35(56)19-31-33(52-41(31)58)23-51-40(57)30-21-49-39(50-22-30)32-20-36(61-25-28-15-11-9-12-16-28)37(24-48-32)62-26-29-17-13-10-14-18-29/h9-18,20-22,24,27,31,33H,19,23,25-26H2,1-8H3,(H,51,57)(H,52,58)(H,53,54,60)/b55-38-/t31-,33+/m0/s1. The highest BCUT2D eigenvalue weighted by atomic mass is 32.1. The summed E-state index contributed by atoms with van der Waals surface area (Å²) in [6.07, 6.45) is 3.13. The van der Waals surface area contributed by atoms with Crippen LogP contribution in [0.25, 0.3) is 11.5 Å². The fourth-order valence-corrected chi connectivity index (χ4v) is 6.67. The monoisotopic (exact) mass is 920 g/mol. The number of rotatable bonds is 18. The minimum atomic E-state index is -1.63. The third-order valence-electron chi connectivity index (χ3n) is 9.36. The van der Waals surface area contributed by atoms with E-state index in [9.17, 15) is 24.0 Å². The van der Waals surface area contributed by atoms with Gasteiger partial charge >= 0.3 is 12.1 Å². The number of nitrogens with zero attached hydrogens (tertiary/aromatic N) is 5. The van der Waals surface area contributed by atoms with Gasteiger partial charge in [-0.15, -0.1) is 11.3 Å². The second kappa shape index (κ2) is 20.7. The number of β-lactam (4-membered cyclic amide) rings is 1. The van der Waals surface area contributed by atoms with E-state index < -0.39 is 58.4 Å². The molecule has 6 rings (SSSR count). The first-order valence-corrected chi connectivity index (χ1v) is 21.8. The summed E-state index contributed by atoms with van der Waals surface area (Å²) in [5.74, 6) is -2.11. The highest BCUT2D eigenvalue weighted by Crippen LogP contribution is 2.32. The van der Waals surface area contributed by atoms with E-state index in [4.69, 9.17) is 23.8 Å². The van der Waals surface area contributed by atoms with Gasteiger partial charge in [-0.25, -0.2) is 29.5 Å². The van der Waals surface area contributed by atoms with Gasteiger partial charge in [0.2, 0.25) is 11.5 Å². The minimum absolute atomic E-state index is 0.0162. The lowest BCUT2D eigenvalue weighted by atomic mass is 9.84. The highest BCUT2D eigenvalue weighted by Gasteiger charge is 2.42. The lowest BCUT2D eigenvalue weighted by Crippen LogP contribution is -2.62. The van der Waals surface area contributed by atoms with Gasteiger partial charge in [0.1, 0.15) is 35.8 Å². The summed E-state index contributed by atoms with van der Waals surface area (Å²) < 4.78 is 23.0. The molecule has 5 aromatic rings. The summed E-state index contributed by atoms with van der Waals surface area (Å²) in [6, 6.07) is 20.4. The predicted molar refractivity (Wildman–Crippen MR) is 244 cm³/mol. The van der Waals surface area contributed by atoms with Crippen molar-refractivity contribution in [3.05, 3.63) is 113 Å². The third-order valence-corrected chi connectivity index (χ3v) is 10.1. The van der Waals surface area contributed by atoms with E-state index in [1.807, 2.05) is 60.7 Å². The molecule has 0 aliphatic carbocycles. The van der Waals surface area contributed by atoms with Crippen LogP contribution < -0.4 is 25.4 Å². The average molecular weight is 921 g/mol. The number of thiazole rings is 1. The van der Waals surface area contributed by atoms with E-state index in [-0.39, 0.29) is 47.5 Å². The molecule has 66 heavy (non-hydrogen) atoms. The molecule has 0 spiro atoms. The summed E-state index contributed by atoms with van der Waals surface area (Å²) in [4.78, 5) is 88.6. The van der Waals surface area contributed by atoms with Crippen molar-refractivity contribution in [2.45, 2.75) is 97.9 Å². The van der Waals surface area contributed by atoms with Crippen LogP contribution in [0, 0.1) is 5.92 Å². The van der Waals surface area contributed by atoms with Gasteiger partial charge in [0.05, 0.1) is 23.7 Å². The van der Waals surface area contributed by atoms with Crippen LogP contribution in [-0.4, -0.2) is 84.7 Å². The van der Waals surface area contributed by atoms with Gasteiger partial charge < -0.3 is 34.4 Å². The number of amides is 3. The van der Waals surface area contributed by atoms with Crippen molar-refractivity contribution in [3.63, 3.8) is 0 Å². The topological polar surface area (TPSA) is 232 Å². The van der Waals surface area contributed by atoms with Crippen LogP contribution in [0.3, 0.4) is 0 Å². The number of ether oxygens (including phenoxy) is 4. The van der Waals surface area contributed by atoms with Gasteiger partial charge in [-0.1, -0.05) is 65.8 Å². The Morgan fingerprint density at radius 2 is 1.39 bits per heavy atom. The number of ketones is 1. The van der Waals surface area contributed by atoms with Crippen molar-refractivity contribution < 1.29 is 47.8 Å². The van der Waals surface area contributed by atoms with Crippen molar-refractivity contribution in [2.24, 2.45) is 11.1 Å². The average Bonchev–Trinajstić information content (AvgIpc) is 3.72. The third kappa shape index (κ3) is 13.6. The molecule has 3 N–H and O–H groups in total. The van der Waals surface area contributed by atoms with E-state index in [0.717, 1.165) is 22.5 Å². The molecule has 1 aliphatic rings. The van der Waals surface area contributed by atoms with Gasteiger partial charge in [0, 0.05) is 36.8 Å². The Kier molecular flexibility index (Phi) is 15.1. The zero-order chi connectivity index (χ0) is 47.6. The number of anilines is 1. The SMILES string of the molecule is CC(C)(C)OC(=O)Nc1nc(/C(=N/OC(C)(C)C(=O)OC(C)(C)C)C(=O)C[C@@H]2C(=O)N[C@@H]2CNC(=O)c2cnc(-c3cc(OCc4ccccc4)c(OCc4ccccc4)cn3)nc2)cs1. The normalized spacial score (nSPS) is 15.1. The van der Waals surface area contributed by atoms with E-state index >= 15 is 0 Å². The molecule has 3 aromatic heterocycles. The Balaban J connectivity index is 1.11. The van der Waals surface area contributed by atoms with E-state index in [1.54, 1.807) is 53.8 Å². The first-order chi connectivity index (χ1) is 31.2. The second-order valence-electron chi connectivity index (χ2n) is 17.6. The Morgan fingerprint density at radius 1 is 0.788 bits per heavy atom. The number of Topliss-reactive ketones (excluding diaryl/α,β-unsaturated/α-hetero) is 1. The number of esters is 1. The fourth-order valence-electron chi connectivity index (χ4n) is 5.99. The molecular weight excluding hydrogens is 869 g/mol. The second-order valence-corrected chi connectivity index (χ2v) is 18.5. The molecule has 0 unspecified atom stereocenters. The Labute approximate surface area is 385 Å². The maximum Gasteiger partial charge on any atom is 0.413 e. The first-order valence-electron chi connectivity index (χ1n) is 21.0. The number of carbonyl (C=O) groups excluding carboxylic acids is 5. The van der Waals surface area contributed by atoms with Crippen LogP contribution in [0.2, 0.25) is 0 Å². The Hall–Kier alpha value is -7.28.